The number of phenolic OH excluding ortho intramolecular Hbond substituents is 1. The number of nitrogens with one attached hydrogen (secondary N) is 2. The van der Waals surface area contributed by atoms with Crippen molar-refractivity contribution in [3.05, 3.63) is 23.8 Å². The van der Waals surface area contributed by atoms with Gasteiger partial charge in [0.05, 0.1) is 12.7 Å². The van der Waals surface area contributed by atoms with Gasteiger partial charge in [-0.3, -0.25) is 4.79 Å². The van der Waals surface area contributed by atoms with Gasteiger partial charge in [-0.15, -0.1) is 0 Å². The largest absolute Gasteiger partial charge is 0.507 e. The minimum atomic E-state index is -0.283. The van der Waals surface area contributed by atoms with E-state index in [1.807, 2.05) is 0 Å². The Hall–Kier alpha value is -1.75. The van der Waals surface area contributed by atoms with E-state index in [2.05, 4.69) is 24.5 Å². The Labute approximate surface area is 125 Å². The number of carbonyl (C=O) groups is 1. The van der Waals surface area contributed by atoms with Gasteiger partial charge in [0.2, 0.25) is 0 Å². The van der Waals surface area contributed by atoms with Gasteiger partial charge in [0, 0.05) is 12.6 Å². The van der Waals surface area contributed by atoms with Gasteiger partial charge in [-0.25, -0.2) is 0 Å². The van der Waals surface area contributed by atoms with Gasteiger partial charge in [-0.1, -0.05) is 13.8 Å². The second kappa shape index (κ2) is 6.35. The van der Waals surface area contributed by atoms with Gasteiger partial charge in [-0.2, -0.15) is 0 Å². The third-order valence-electron chi connectivity index (χ3n) is 4.25. The first-order valence-corrected chi connectivity index (χ1v) is 7.32. The molecule has 0 bridgehead atoms. The van der Waals surface area contributed by atoms with Crippen molar-refractivity contribution in [1.82, 2.24) is 10.6 Å². The maximum atomic E-state index is 12.2. The third kappa shape index (κ3) is 3.67. The van der Waals surface area contributed by atoms with Crippen molar-refractivity contribution in [3.63, 3.8) is 0 Å². The summed E-state index contributed by atoms with van der Waals surface area (Å²) in [6, 6.07) is 4.88. The monoisotopic (exact) mass is 292 g/mol. The van der Waals surface area contributed by atoms with Crippen molar-refractivity contribution in [2.75, 3.05) is 20.2 Å². The number of amides is 1. The van der Waals surface area contributed by atoms with E-state index in [1.165, 1.54) is 13.2 Å². The third-order valence-corrected chi connectivity index (χ3v) is 4.25. The molecule has 5 heteroatoms. The molecule has 1 aromatic carbocycles. The summed E-state index contributed by atoms with van der Waals surface area (Å²) >= 11 is 0. The zero-order chi connectivity index (χ0) is 15.5. The smallest absolute Gasteiger partial charge is 0.255 e. The first-order valence-electron chi connectivity index (χ1n) is 7.32. The molecule has 116 valence electrons. The average Bonchev–Trinajstić information content (AvgIpc) is 2.46. The highest BCUT2D eigenvalue weighted by Crippen LogP contribution is 2.30. The summed E-state index contributed by atoms with van der Waals surface area (Å²) in [5.41, 5.74) is 0.394. The number of hydrogen-bond acceptors (Lipinski definition) is 4. The Balaban J connectivity index is 2.01. The quantitative estimate of drug-likeness (QED) is 0.793. The van der Waals surface area contributed by atoms with Crippen molar-refractivity contribution in [2.45, 2.75) is 32.7 Å². The summed E-state index contributed by atoms with van der Waals surface area (Å²) in [7, 11) is 1.53. The summed E-state index contributed by atoms with van der Waals surface area (Å²) in [4.78, 5) is 12.2. The molecule has 0 saturated carbocycles. The van der Waals surface area contributed by atoms with Crippen LogP contribution in [0.5, 0.6) is 11.5 Å². The maximum absolute atomic E-state index is 12.2. The normalized spacial score (nSPS) is 20.8. The second-order valence-electron chi connectivity index (χ2n) is 6.19. The fourth-order valence-electron chi connectivity index (χ4n) is 2.73. The lowest BCUT2D eigenvalue weighted by atomic mass is 9.77. The van der Waals surface area contributed by atoms with Gasteiger partial charge >= 0.3 is 0 Å². The maximum Gasteiger partial charge on any atom is 0.255 e. The number of piperidine rings is 1. The summed E-state index contributed by atoms with van der Waals surface area (Å²) < 4.78 is 5.08. The zero-order valence-corrected chi connectivity index (χ0v) is 12.9. The minimum Gasteiger partial charge on any atom is -0.507 e. The number of ether oxygens (including phenoxy) is 1. The number of carbonyl (C=O) groups excluding carboxylic acids is 1. The van der Waals surface area contributed by atoms with Crippen molar-refractivity contribution < 1.29 is 14.6 Å². The van der Waals surface area contributed by atoms with Gasteiger partial charge < -0.3 is 20.5 Å². The molecule has 1 amide bonds. The molecule has 0 aromatic heterocycles. The van der Waals surface area contributed by atoms with Gasteiger partial charge in [0.1, 0.15) is 11.5 Å². The molecule has 1 unspecified atom stereocenters. The van der Waals surface area contributed by atoms with Crippen LogP contribution in [-0.2, 0) is 0 Å². The van der Waals surface area contributed by atoms with Crippen LogP contribution >= 0.6 is 0 Å². The number of benzene rings is 1. The highest BCUT2D eigenvalue weighted by atomic mass is 16.5. The van der Waals surface area contributed by atoms with E-state index in [-0.39, 0.29) is 28.7 Å². The lowest BCUT2D eigenvalue weighted by Crippen LogP contribution is -2.52. The SMILES string of the molecule is COc1ccc(O)c(C(=O)NCC2NCCCC2(C)C)c1. The molecule has 21 heavy (non-hydrogen) atoms. The molecule has 1 saturated heterocycles. The van der Waals surface area contributed by atoms with E-state index in [9.17, 15) is 9.90 Å². The average molecular weight is 292 g/mol. The van der Waals surface area contributed by atoms with E-state index in [1.54, 1.807) is 12.1 Å². The Kier molecular flexibility index (Phi) is 4.73. The molecule has 1 atom stereocenters. The van der Waals surface area contributed by atoms with Crippen LogP contribution in [-0.4, -0.2) is 37.3 Å². The van der Waals surface area contributed by atoms with E-state index in [4.69, 9.17) is 4.74 Å². The number of phenols is 1. The molecule has 5 nitrogen and oxygen atoms in total. The Bertz CT molecular complexity index is 514. The number of aromatic hydroxyl groups is 1. The van der Waals surface area contributed by atoms with Crippen molar-refractivity contribution in [3.8, 4) is 11.5 Å². The van der Waals surface area contributed by atoms with Crippen LogP contribution in [0.4, 0.5) is 0 Å². The fourth-order valence-corrected chi connectivity index (χ4v) is 2.73. The van der Waals surface area contributed by atoms with Crippen molar-refractivity contribution in [2.24, 2.45) is 5.41 Å². The first kappa shape index (κ1) is 15.6. The minimum absolute atomic E-state index is 0.0378. The van der Waals surface area contributed by atoms with Crippen LogP contribution in [0.2, 0.25) is 0 Å². The molecule has 3 N–H and O–H groups in total. The molecule has 1 aromatic rings. The predicted molar refractivity (Wildman–Crippen MR) is 81.8 cm³/mol. The predicted octanol–water partition coefficient (Wildman–Crippen LogP) is 1.91. The number of methoxy groups -OCH3 is 1. The molecule has 1 aliphatic rings. The molecule has 0 aliphatic carbocycles. The van der Waals surface area contributed by atoms with Gasteiger partial charge in [0.25, 0.3) is 5.91 Å². The molecule has 1 aliphatic heterocycles. The Morgan fingerprint density at radius 2 is 2.29 bits per heavy atom. The lowest BCUT2D eigenvalue weighted by Gasteiger charge is -2.39. The molecule has 1 heterocycles. The van der Waals surface area contributed by atoms with E-state index >= 15 is 0 Å². The van der Waals surface area contributed by atoms with Crippen LogP contribution in [0.15, 0.2) is 18.2 Å². The standard InChI is InChI=1S/C16H24N2O3/c1-16(2)7-4-8-17-14(16)10-18-15(20)12-9-11(21-3)5-6-13(12)19/h5-6,9,14,17,19H,4,7-8,10H2,1-3H3,(H,18,20). The topological polar surface area (TPSA) is 70.6 Å². The summed E-state index contributed by atoms with van der Waals surface area (Å²) in [6.45, 7) is 5.94. The van der Waals surface area contributed by atoms with Crippen molar-refractivity contribution in [1.29, 1.82) is 0 Å². The lowest BCUT2D eigenvalue weighted by molar-refractivity contribution is 0.0926. The molecular formula is C16H24N2O3. The van der Waals surface area contributed by atoms with Crippen LogP contribution in [0.3, 0.4) is 0 Å². The number of hydrogen-bond donors (Lipinski definition) is 3. The Morgan fingerprint density at radius 3 is 2.95 bits per heavy atom. The highest BCUT2D eigenvalue weighted by molar-refractivity contribution is 5.97. The molecular weight excluding hydrogens is 268 g/mol. The van der Waals surface area contributed by atoms with Crippen LogP contribution in [0, 0.1) is 5.41 Å². The number of rotatable bonds is 4. The van der Waals surface area contributed by atoms with Crippen LogP contribution < -0.4 is 15.4 Å². The van der Waals surface area contributed by atoms with Gasteiger partial charge in [-0.05, 0) is 43.0 Å². The van der Waals surface area contributed by atoms with E-state index < -0.39 is 0 Å². The second-order valence-corrected chi connectivity index (χ2v) is 6.19. The highest BCUT2D eigenvalue weighted by Gasteiger charge is 2.32. The first-order chi connectivity index (χ1) is 9.94. The zero-order valence-electron chi connectivity index (χ0n) is 12.9. The molecule has 2 rings (SSSR count). The summed E-state index contributed by atoms with van der Waals surface area (Å²) in [5.74, 6) is 0.229. The van der Waals surface area contributed by atoms with Crippen LogP contribution in [0.25, 0.3) is 0 Å². The fraction of sp³-hybridized carbons (Fsp3) is 0.562. The van der Waals surface area contributed by atoms with E-state index in [0.717, 1.165) is 19.4 Å². The molecule has 0 radical (unpaired) electrons. The van der Waals surface area contributed by atoms with Crippen molar-refractivity contribution >= 4 is 5.91 Å². The van der Waals surface area contributed by atoms with E-state index in [0.29, 0.717) is 12.3 Å². The molecule has 0 spiro atoms. The summed E-state index contributed by atoms with van der Waals surface area (Å²) in [6.07, 6.45) is 2.30. The summed E-state index contributed by atoms with van der Waals surface area (Å²) in [5, 5.41) is 16.2. The Morgan fingerprint density at radius 1 is 1.52 bits per heavy atom. The van der Waals surface area contributed by atoms with Crippen LogP contribution in [0.1, 0.15) is 37.0 Å². The van der Waals surface area contributed by atoms with Gasteiger partial charge in [0.15, 0.2) is 0 Å². The molecule has 1 fully saturated rings.